The molecule has 3 fully saturated rings. The SMILES string of the molecule is CCS(=O)(=O)NC1CCN(c2nc3c(N4CCOCC4)nc(-c4cnc(N)nc4C)nc3n2CC2CC2)C1. The molecule has 5 heterocycles. The van der Waals surface area contributed by atoms with Crippen LogP contribution in [0.2, 0.25) is 0 Å². The van der Waals surface area contributed by atoms with Gasteiger partial charge in [0.05, 0.1) is 30.2 Å². The van der Waals surface area contributed by atoms with Gasteiger partial charge in [-0.1, -0.05) is 0 Å². The van der Waals surface area contributed by atoms with Crippen molar-refractivity contribution in [2.45, 2.75) is 45.7 Å². The first-order chi connectivity index (χ1) is 18.3. The maximum atomic E-state index is 12.2. The second-order valence-electron chi connectivity index (χ2n) is 10.3. The molecular weight excluding hydrogens is 508 g/mol. The Morgan fingerprint density at radius 2 is 1.87 bits per heavy atom. The largest absolute Gasteiger partial charge is 0.378 e. The number of imidazole rings is 1. The molecule has 38 heavy (non-hydrogen) atoms. The van der Waals surface area contributed by atoms with E-state index in [1.807, 2.05) is 6.92 Å². The van der Waals surface area contributed by atoms with E-state index in [1.54, 1.807) is 13.1 Å². The zero-order valence-electron chi connectivity index (χ0n) is 21.8. The molecule has 1 saturated carbocycles. The Morgan fingerprint density at radius 3 is 2.58 bits per heavy atom. The summed E-state index contributed by atoms with van der Waals surface area (Å²) >= 11 is 0. The highest BCUT2D eigenvalue weighted by molar-refractivity contribution is 7.89. The Kier molecular flexibility index (Phi) is 6.56. The van der Waals surface area contributed by atoms with Gasteiger partial charge >= 0.3 is 0 Å². The molecule has 3 aliphatic rings. The Morgan fingerprint density at radius 1 is 1.08 bits per heavy atom. The molecule has 0 bridgehead atoms. The Labute approximate surface area is 221 Å². The number of ether oxygens (including phenoxy) is 1. The van der Waals surface area contributed by atoms with Gasteiger partial charge < -0.3 is 20.3 Å². The van der Waals surface area contributed by atoms with Crippen molar-refractivity contribution in [3.8, 4) is 11.4 Å². The van der Waals surface area contributed by atoms with Crippen LogP contribution in [0.1, 0.15) is 31.9 Å². The number of aromatic nitrogens is 6. The second-order valence-corrected chi connectivity index (χ2v) is 12.3. The average Bonchev–Trinajstić information content (AvgIpc) is 3.50. The van der Waals surface area contributed by atoms with Crippen LogP contribution in [0, 0.1) is 12.8 Å². The fourth-order valence-electron chi connectivity index (χ4n) is 5.14. The predicted octanol–water partition coefficient (Wildman–Crippen LogP) is 0.939. The quantitative estimate of drug-likeness (QED) is 0.417. The summed E-state index contributed by atoms with van der Waals surface area (Å²) in [6.45, 7) is 8.26. The first-order valence-corrected chi connectivity index (χ1v) is 14.9. The molecule has 3 aromatic heterocycles. The lowest BCUT2D eigenvalue weighted by Gasteiger charge is -2.28. The van der Waals surface area contributed by atoms with Crippen molar-refractivity contribution in [3.63, 3.8) is 0 Å². The Balaban J connectivity index is 1.47. The van der Waals surface area contributed by atoms with Crippen molar-refractivity contribution in [1.82, 2.24) is 34.2 Å². The molecule has 6 rings (SSSR count). The van der Waals surface area contributed by atoms with E-state index < -0.39 is 10.0 Å². The molecule has 1 unspecified atom stereocenters. The highest BCUT2D eigenvalue weighted by Crippen LogP contribution is 2.37. The van der Waals surface area contributed by atoms with Crippen LogP contribution in [0.4, 0.5) is 17.7 Å². The lowest BCUT2D eigenvalue weighted by atomic mass is 10.2. The van der Waals surface area contributed by atoms with Crippen LogP contribution in [-0.4, -0.2) is 89.1 Å². The average molecular weight is 543 g/mol. The van der Waals surface area contributed by atoms with Crippen LogP contribution in [-0.2, 0) is 21.3 Å². The van der Waals surface area contributed by atoms with Gasteiger partial charge in [0.25, 0.3) is 0 Å². The monoisotopic (exact) mass is 542 g/mol. The summed E-state index contributed by atoms with van der Waals surface area (Å²) in [7, 11) is -3.28. The van der Waals surface area contributed by atoms with E-state index in [2.05, 4.69) is 29.1 Å². The smallest absolute Gasteiger partial charge is 0.220 e. The summed E-state index contributed by atoms with van der Waals surface area (Å²) < 4.78 is 35.0. The summed E-state index contributed by atoms with van der Waals surface area (Å²) in [4.78, 5) is 28.0. The number of nitrogens with zero attached hydrogens (tertiary/aromatic N) is 8. The number of nitrogens with two attached hydrogens (primary N) is 1. The molecule has 3 N–H and O–H groups in total. The number of hydrogen-bond donors (Lipinski definition) is 2. The van der Waals surface area contributed by atoms with Crippen molar-refractivity contribution >= 4 is 38.9 Å². The van der Waals surface area contributed by atoms with E-state index in [-0.39, 0.29) is 17.7 Å². The van der Waals surface area contributed by atoms with Gasteiger partial charge in [-0.15, -0.1) is 0 Å². The lowest BCUT2D eigenvalue weighted by Crippen LogP contribution is -2.38. The molecule has 14 heteroatoms. The topological polar surface area (TPSA) is 157 Å². The fourth-order valence-corrected chi connectivity index (χ4v) is 6.01. The minimum Gasteiger partial charge on any atom is -0.378 e. The van der Waals surface area contributed by atoms with Crippen LogP contribution in [0.5, 0.6) is 0 Å². The van der Waals surface area contributed by atoms with Gasteiger partial charge in [-0.05, 0) is 39.0 Å². The lowest BCUT2D eigenvalue weighted by molar-refractivity contribution is 0.122. The minimum atomic E-state index is -3.28. The molecule has 2 saturated heterocycles. The number of sulfonamides is 1. The molecule has 0 radical (unpaired) electrons. The zero-order chi connectivity index (χ0) is 26.4. The molecule has 1 aliphatic carbocycles. The highest BCUT2D eigenvalue weighted by atomic mass is 32.2. The third-order valence-corrected chi connectivity index (χ3v) is 8.89. The molecule has 0 aromatic carbocycles. The summed E-state index contributed by atoms with van der Waals surface area (Å²) in [5.41, 5.74) is 8.77. The number of nitrogens with one attached hydrogen (secondary N) is 1. The Hall–Kier alpha value is -3.10. The molecule has 1 atom stereocenters. The summed E-state index contributed by atoms with van der Waals surface area (Å²) in [5.74, 6) is 2.98. The summed E-state index contributed by atoms with van der Waals surface area (Å²) in [6, 6.07) is -0.149. The van der Waals surface area contributed by atoms with Gasteiger partial charge in [0.1, 0.15) is 0 Å². The number of aryl methyl sites for hydroxylation is 1. The standard InChI is InChI=1S/C24H34N10O3S/c1-3-38(35,36)31-17-6-7-33(14-17)24-28-19-21(32-8-10-37-11-9-32)29-20(18-12-26-23(25)27-15(18)2)30-22(19)34(24)13-16-4-5-16/h12,16-17,31H,3-11,13-14H2,1-2H3,(H2,25,26,27). The predicted molar refractivity (Wildman–Crippen MR) is 144 cm³/mol. The Bertz CT molecular complexity index is 1450. The molecule has 0 amide bonds. The normalized spacial score (nSPS) is 20.5. The highest BCUT2D eigenvalue weighted by Gasteiger charge is 2.33. The first kappa shape index (κ1) is 25.2. The van der Waals surface area contributed by atoms with Crippen LogP contribution in [0.15, 0.2) is 6.20 Å². The molecule has 2 aliphatic heterocycles. The van der Waals surface area contributed by atoms with Crippen molar-refractivity contribution in [2.24, 2.45) is 5.92 Å². The van der Waals surface area contributed by atoms with Crippen LogP contribution >= 0.6 is 0 Å². The maximum Gasteiger partial charge on any atom is 0.220 e. The van der Waals surface area contributed by atoms with Crippen LogP contribution in [0.25, 0.3) is 22.6 Å². The number of fused-ring (bicyclic) bond motifs is 1. The van der Waals surface area contributed by atoms with Crippen LogP contribution in [0.3, 0.4) is 0 Å². The van der Waals surface area contributed by atoms with E-state index in [0.717, 1.165) is 41.5 Å². The number of anilines is 3. The van der Waals surface area contributed by atoms with Gasteiger partial charge in [0.2, 0.25) is 21.9 Å². The van der Waals surface area contributed by atoms with E-state index in [0.29, 0.717) is 56.8 Å². The summed E-state index contributed by atoms with van der Waals surface area (Å²) in [5, 5.41) is 0. The molecular formula is C24H34N10O3S. The number of hydrogen-bond acceptors (Lipinski definition) is 11. The van der Waals surface area contributed by atoms with Gasteiger partial charge in [-0.3, -0.25) is 4.57 Å². The van der Waals surface area contributed by atoms with Crippen molar-refractivity contribution in [3.05, 3.63) is 11.9 Å². The van der Waals surface area contributed by atoms with E-state index in [9.17, 15) is 8.42 Å². The number of rotatable bonds is 8. The van der Waals surface area contributed by atoms with E-state index in [1.165, 1.54) is 12.8 Å². The van der Waals surface area contributed by atoms with E-state index >= 15 is 0 Å². The zero-order valence-corrected chi connectivity index (χ0v) is 22.6. The maximum absolute atomic E-state index is 12.2. The van der Waals surface area contributed by atoms with Crippen molar-refractivity contribution in [2.75, 3.05) is 60.7 Å². The first-order valence-electron chi connectivity index (χ1n) is 13.3. The summed E-state index contributed by atoms with van der Waals surface area (Å²) in [6.07, 6.45) is 4.75. The van der Waals surface area contributed by atoms with Crippen molar-refractivity contribution in [1.29, 1.82) is 0 Å². The number of nitrogen functional groups attached to an aromatic ring is 1. The fraction of sp³-hybridized carbons (Fsp3) is 0.625. The van der Waals surface area contributed by atoms with Crippen LogP contribution < -0.4 is 20.3 Å². The van der Waals surface area contributed by atoms with Gasteiger partial charge in [-0.25, -0.2) is 38.1 Å². The minimum absolute atomic E-state index is 0.0687. The van der Waals surface area contributed by atoms with E-state index in [4.69, 9.17) is 25.4 Å². The van der Waals surface area contributed by atoms with Gasteiger partial charge in [-0.2, -0.15) is 0 Å². The number of morpholine rings is 1. The molecule has 3 aromatic rings. The van der Waals surface area contributed by atoms with Gasteiger partial charge in [0, 0.05) is 45.0 Å². The molecule has 204 valence electrons. The molecule has 13 nitrogen and oxygen atoms in total. The van der Waals surface area contributed by atoms with Gasteiger partial charge in [0.15, 0.2) is 22.8 Å². The third kappa shape index (κ3) is 4.99. The third-order valence-electron chi connectivity index (χ3n) is 7.44. The molecule has 0 spiro atoms. The van der Waals surface area contributed by atoms with Crippen molar-refractivity contribution < 1.29 is 13.2 Å². The second kappa shape index (κ2) is 9.89.